The number of ether oxygens (including phenoxy) is 2. The van der Waals surface area contributed by atoms with Crippen LogP contribution in [0.5, 0.6) is 0 Å². The first-order chi connectivity index (χ1) is 42.3. The Bertz CT molecular complexity index is 3370. The van der Waals surface area contributed by atoms with Gasteiger partial charge in [-0.2, -0.15) is 5.10 Å². The molecular weight excluding hydrogens is 1110 g/mol. The minimum absolute atomic E-state index is 0.0154. The van der Waals surface area contributed by atoms with Crippen molar-refractivity contribution in [1.82, 2.24) is 54.9 Å². The second kappa shape index (κ2) is 37.2. The van der Waals surface area contributed by atoms with E-state index >= 15 is 0 Å². The number of allylic oxidation sites excluding steroid dienone is 1. The molecule has 8 heterocycles. The molecule has 88 heavy (non-hydrogen) atoms. The number of anilines is 4. The van der Waals surface area contributed by atoms with E-state index in [9.17, 15) is 19.2 Å². The summed E-state index contributed by atoms with van der Waals surface area (Å²) in [6.07, 6.45) is 17.0. The number of esters is 2. The summed E-state index contributed by atoms with van der Waals surface area (Å²) in [4.78, 5) is 83.8. The summed E-state index contributed by atoms with van der Waals surface area (Å²) < 4.78 is 9.37. The summed E-state index contributed by atoms with van der Waals surface area (Å²) in [6, 6.07) is 22.3. The molecule has 1 saturated carbocycles. The van der Waals surface area contributed by atoms with Crippen molar-refractivity contribution in [3.8, 4) is 11.4 Å². The smallest absolute Gasteiger partial charge is 0.337 e. The van der Waals surface area contributed by atoms with E-state index in [4.69, 9.17) is 4.74 Å². The maximum atomic E-state index is 11.9. The van der Waals surface area contributed by atoms with Crippen molar-refractivity contribution >= 4 is 58.8 Å². The molecule has 5 N–H and O–H groups in total. The van der Waals surface area contributed by atoms with E-state index in [0.717, 1.165) is 114 Å². The van der Waals surface area contributed by atoms with Gasteiger partial charge in [0.2, 0.25) is 0 Å². The maximum Gasteiger partial charge on any atom is 0.337 e. The molecule has 22 nitrogen and oxygen atoms in total. The van der Waals surface area contributed by atoms with E-state index < -0.39 is 0 Å². The molecule has 0 bridgehead atoms. The number of carbonyl (C=O) groups is 4. The van der Waals surface area contributed by atoms with Crippen LogP contribution in [0.15, 0.2) is 103 Å². The summed E-state index contributed by atoms with van der Waals surface area (Å²) in [5.74, 6) is 4.31. The van der Waals surface area contributed by atoms with Gasteiger partial charge in [-0.15, -0.1) is 0 Å². The predicted octanol–water partition coefficient (Wildman–Crippen LogP) is 10.9. The number of rotatable bonds is 18. The third-order valence-corrected chi connectivity index (χ3v) is 13.4. The number of amides is 2. The van der Waals surface area contributed by atoms with Crippen molar-refractivity contribution in [2.24, 2.45) is 4.99 Å². The van der Waals surface area contributed by atoms with Crippen LogP contribution in [0.1, 0.15) is 160 Å². The summed E-state index contributed by atoms with van der Waals surface area (Å²) in [6.45, 7) is 13.1. The summed E-state index contributed by atoms with van der Waals surface area (Å²) >= 11 is 0. The molecule has 0 unspecified atom stereocenters. The van der Waals surface area contributed by atoms with E-state index in [2.05, 4.69) is 103 Å². The number of aliphatic imine (C=N–C) groups is 1. The SMILES string of the molecule is CCCCc1cc(C(=O)N(C)C)cc(NC)n1.CCc1cc(C(=O)OC)cc(C(C)C)n1.CCc1cc(C(=O)OC)cc(CC)n1.CNc1cc(-c2ncn[nH]2)ccn1.CNc1cc(C(=O)N(C)C)cc(C2CC2)n1.CNc1cc(C2=CCN=C2)ccn1. The first-order valence-electron chi connectivity index (χ1n) is 29.6. The van der Waals surface area contributed by atoms with Gasteiger partial charge in [0, 0.05) is 132 Å². The van der Waals surface area contributed by atoms with Crippen LogP contribution in [0.4, 0.5) is 23.3 Å². The molecule has 0 aromatic carbocycles. The highest BCUT2D eigenvalue weighted by Gasteiger charge is 2.27. The van der Waals surface area contributed by atoms with Gasteiger partial charge < -0.3 is 40.5 Å². The normalized spacial score (nSPS) is 11.6. The Morgan fingerprint density at radius 2 is 1.09 bits per heavy atom. The molecule has 0 radical (unpaired) electrons. The molecule has 1 aliphatic heterocycles. The minimum atomic E-state index is -0.297. The number of H-pyrrole nitrogens is 1. The predicted molar refractivity (Wildman–Crippen MR) is 352 cm³/mol. The van der Waals surface area contributed by atoms with Crippen LogP contribution < -0.4 is 21.3 Å². The van der Waals surface area contributed by atoms with Crippen molar-refractivity contribution in [2.75, 3.05) is 98.4 Å². The number of aryl methyl sites for hydroxylation is 4. The van der Waals surface area contributed by atoms with E-state index in [1.165, 1.54) is 44.5 Å². The first kappa shape index (κ1) is 71.0. The van der Waals surface area contributed by atoms with Gasteiger partial charge >= 0.3 is 11.9 Å². The number of aromatic amines is 1. The highest BCUT2D eigenvalue weighted by Crippen LogP contribution is 2.40. The molecule has 0 spiro atoms. The topological polar surface area (TPSA) is 273 Å². The van der Waals surface area contributed by atoms with Gasteiger partial charge in [0.25, 0.3) is 11.8 Å². The zero-order valence-electron chi connectivity index (χ0n) is 54.2. The van der Waals surface area contributed by atoms with Crippen LogP contribution in [0.3, 0.4) is 0 Å². The van der Waals surface area contributed by atoms with Crippen molar-refractivity contribution in [3.05, 3.63) is 160 Å². The Labute approximate surface area is 519 Å². The lowest BCUT2D eigenvalue weighted by atomic mass is 10.1. The Morgan fingerprint density at radius 1 is 0.591 bits per heavy atom. The Kier molecular flexibility index (Phi) is 30.0. The first-order valence-corrected chi connectivity index (χ1v) is 29.6. The number of aromatic nitrogens is 9. The number of methoxy groups -OCH3 is 2. The van der Waals surface area contributed by atoms with Crippen LogP contribution in [0.25, 0.3) is 17.0 Å². The maximum absolute atomic E-state index is 11.9. The highest BCUT2D eigenvalue weighted by atomic mass is 16.5. The molecule has 7 aromatic heterocycles. The summed E-state index contributed by atoms with van der Waals surface area (Å²) in [5, 5.41) is 18.5. The van der Waals surface area contributed by atoms with E-state index in [1.807, 2.05) is 91.6 Å². The third-order valence-electron chi connectivity index (χ3n) is 13.4. The molecule has 2 aliphatic rings. The third kappa shape index (κ3) is 23.1. The molecule has 470 valence electrons. The fourth-order valence-corrected chi connectivity index (χ4v) is 8.16. The zero-order chi connectivity index (χ0) is 64.7. The second-order valence-electron chi connectivity index (χ2n) is 20.8. The number of nitrogens with zero attached hydrogens (tertiary/aromatic N) is 11. The Balaban J connectivity index is 0.000000226. The van der Waals surface area contributed by atoms with Crippen LogP contribution in [-0.2, 0) is 35.2 Å². The molecular formula is C66H90N16O6. The second-order valence-corrected chi connectivity index (χ2v) is 20.8. The van der Waals surface area contributed by atoms with Gasteiger partial charge in [-0.1, -0.05) is 54.0 Å². The van der Waals surface area contributed by atoms with Gasteiger partial charge in [-0.3, -0.25) is 29.6 Å². The van der Waals surface area contributed by atoms with Gasteiger partial charge in [0.05, 0.1) is 31.9 Å². The lowest BCUT2D eigenvalue weighted by molar-refractivity contribution is 0.0591. The Morgan fingerprint density at radius 3 is 1.55 bits per heavy atom. The quantitative estimate of drug-likeness (QED) is 0.0500. The van der Waals surface area contributed by atoms with E-state index in [1.54, 1.807) is 86.8 Å². The van der Waals surface area contributed by atoms with Gasteiger partial charge in [0.15, 0.2) is 5.82 Å². The van der Waals surface area contributed by atoms with Gasteiger partial charge in [0.1, 0.15) is 29.6 Å². The molecule has 0 saturated heterocycles. The zero-order valence-corrected chi connectivity index (χ0v) is 54.2. The van der Waals surface area contributed by atoms with Crippen molar-refractivity contribution < 1.29 is 28.7 Å². The number of unbranched alkanes of at least 4 members (excludes halogenated alkanes) is 1. The number of nitrogens with one attached hydrogen (secondary N) is 5. The number of hydrogen-bond acceptors (Lipinski definition) is 19. The van der Waals surface area contributed by atoms with Crippen molar-refractivity contribution in [3.63, 3.8) is 0 Å². The molecule has 0 atom stereocenters. The molecule has 1 fully saturated rings. The van der Waals surface area contributed by atoms with E-state index in [-0.39, 0.29) is 23.8 Å². The monoisotopic (exact) mass is 1200 g/mol. The molecule has 9 rings (SSSR count). The number of pyridine rings is 6. The average molecular weight is 1200 g/mol. The van der Waals surface area contributed by atoms with E-state index in [0.29, 0.717) is 34.1 Å². The minimum Gasteiger partial charge on any atom is -0.465 e. The molecule has 7 aromatic rings. The summed E-state index contributed by atoms with van der Waals surface area (Å²) in [5.41, 5.74) is 11.7. The molecule has 1 aliphatic carbocycles. The van der Waals surface area contributed by atoms with Gasteiger partial charge in [-0.05, 0) is 135 Å². The lowest BCUT2D eigenvalue weighted by Gasteiger charge is -2.12. The number of carbonyl (C=O) groups excluding carboxylic acids is 4. The lowest BCUT2D eigenvalue weighted by Crippen LogP contribution is -2.22. The van der Waals surface area contributed by atoms with Crippen LogP contribution in [0.2, 0.25) is 0 Å². The number of hydrogen-bond donors (Lipinski definition) is 5. The van der Waals surface area contributed by atoms with Crippen LogP contribution in [0, 0.1) is 0 Å². The fraction of sp³-hybridized carbons (Fsp3) is 0.409. The van der Waals surface area contributed by atoms with Crippen LogP contribution in [-0.4, -0.2) is 162 Å². The standard InChI is InChI=1S/C13H21N3O.C12H17N3O.C12H17NO2.C11H15NO2.C10H11N3.C8H9N5/c1-5-6-7-11-8-10(13(17)16(3)4)9-12(14-2)15-11;1-13-11-7-9(12(16)15(2)3)6-10(14-11)8-4-5-8;1-5-10-6-9(12(14)15-4)7-11(13-10)8(2)3;1-4-9-6-8(11(13)14-3)7-10(5-2)12-9;1-11-10-6-8(3-5-13-10)9-2-4-12-7-9;1-9-7-4-6(2-3-10-7)8-11-5-12-13-8/h8-9H,5-7H2,1-4H3,(H,14,15);6-8H,4-5H2,1-3H3,(H,13,14);6-8H,5H2,1-4H3;6-7H,4-5H2,1-3H3;2-3,5-7H,4H2,1H3,(H,11,13);2-5H,1H3,(H,9,10)(H,11,12,13). The van der Waals surface area contributed by atoms with Crippen molar-refractivity contribution in [1.29, 1.82) is 0 Å². The Hall–Kier alpha value is -9.47. The highest BCUT2D eigenvalue weighted by molar-refractivity contribution is 6.11. The summed E-state index contributed by atoms with van der Waals surface area (Å²) in [7, 11) is 17.1. The van der Waals surface area contributed by atoms with Gasteiger partial charge in [-0.25, -0.2) is 34.5 Å². The van der Waals surface area contributed by atoms with Crippen molar-refractivity contribution in [2.45, 2.75) is 105 Å². The molecule has 2 amide bonds. The largest absolute Gasteiger partial charge is 0.465 e. The molecule has 22 heteroatoms. The average Bonchev–Trinajstić information content (AvgIpc) is 4.03. The fourth-order valence-electron chi connectivity index (χ4n) is 8.16. The van der Waals surface area contributed by atoms with Crippen LogP contribution >= 0.6 is 0 Å².